The number of hydrogen-bond acceptors (Lipinski definition) is 2. The van der Waals surface area contributed by atoms with E-state index in [0.29, 0.717) is 13.0 Å². The van der Waals surface area contributed by atoms with Crippen LogP contribution in [0.15, 0.2) is 28.7 Å². The molecule has 0 heterocycles. The topological polar surface area (TPSA) is 41.1 Å². The predicted molar refractivity (Wildman–Crippen MR) is 61.3 cm³/mol. The molecular formula is C10H13BrN2O. The van der Waals surface area contributed by atoms with Crippen LogP contribution in [0.2, 0.25) is 0 Å². The Labute approximate surface area is 92.0 Å². The molecule has 0 aliphatic heterocycles. The van der Waals surface area contributed by atoms with Crippen LogP contribution in [0.4, 0.5) is 5.69 Å². The largest absolute Gasteiger partial charge is 0.384 e. The smallest absolute Gasteiger partial charge is 0.221 e. The van der Waals surface area contributed by atoms with E-state index in [1.807, 2.05) is 24.3 Å². The highest BCUT2D eigenvalue weighted by Crippen LogP contribution is 2.20. The molecule has 76 valence electrons. The molecule has 0 aliphatic carbocycles. The predicted octanol–water partition coefficient (Wildman–Crippen LogP) is 2.00. The highest BCUT2D eigenvalue weighted by Gasteiger charge is 1.99. The Hall–Kier alpha value is -1.03. The van der Waals surface area contributed by atoms with E-state index < -0.39 is 0 Å². The number of halogens is 1. The Morgan fingerprint density at radius 1 is 1.43 bits per heavy atom. The summed E-state index contributed by atoms with van der Waals surface area (Å²) >= 11 is 3.42. The van der Waals surface area contributed by atoms with Gasteiger partial charge >= 0.3 is 0 Å². The van der Waals surface area contributed by atoms with Gasteiger partial charge in [-0.2, -0.15) is 0 Å². The van der Waals surface area contributed by atoms with Crippen LogP contribution >= 0.6 is 15.9 Å². The van der Waals surface area contributed by atoms with E-state index >= 15 is 0 Å². The van der Waals surface area contributed by atoms with Crippen LogP contribution in [0.3, 0.4) is 0 Å². The third-order valence-corrected chi connectivity index (χ3v) is 2.51. The van der Waals surface area contributed by atoms with Gasteiger partial charge in [0.1, 0.15) is 0 Å². The molecule has 0 aliphatic rings. The van der Waals surface area contributed by atoms with E-state index in [2.05, 4.69) is 26.6 Å². The summed E-state index contributed by atoms with van der Waals surface area (Å²) in [7, 11) is 1.64. The minimum Gasteiger partial charge on any atom is -0.384 e. The lowest BCUT2D eigenvalue weighted by molar-refractivity contribution is -0.120. The van der Waals surface area contributed by atoms with Gasteiger partial charge in [0.2, 0.25) is 5.91 Å². The van der Waals surface area contributed by atoms with Crippen molar-refractivity contribution in [2.45, 2.75) is 6.42 Å². The van der Waals surface area contributed by atoms with E-state index in [1.165, 1.54) is 0 Å². The molecule has 0 unspecified atom stereocenters. The van der Waals surface area contributed by atoms with Gasteiger partial charge in [0, 0.05) is 30.2 Å². The number of hydrogen-bond donors (Lipinski definition) is 2. The maximum Gasteiger partial charge on any atom is 0.221 e. The molecular weight excluding hydrogens is 244 g/mol. The first-order valence-corrected chi connectivity index (χ1v) is 5.22. The Kier molecular flexibility index (Phi) is 4.46. The van der Waals surface area contributed by atoms with Crippen molar-refractivity contribution < 1.29 is 4.79 Å². The molecule has 0 saturated heterocycles. The molecule has 0 bridgehead atoms. The van der Waals surface area contributed by atoms with Crippen molar-refractivity contribution in [3.63, 3.8) is 0 Å². The minimum atomic E-state index is 0.0459. The maximum absolute atomic E-state index is 10.9. The molecule has 3 nitrogen and oxygen atoms in total. The zero-order chi connectivity index (χ0) is 10.4. The molecule has 14 heavy (non-hydrogen) atoms. The van der Waals surface area contributed by atoms with Crippen LogP contribution in [-0.2, 0) is 4.79 Å². The van der Waals surface area contributed by atoms with Crippen molar-refractivity contribution in [3.05, 3.63) is 28.7 Å². The first-order valence-electron chi connectivity index (χ1n) is 4.43. The standard InChI is InChI=1S/C10H13BrN2O/c1-12-10(14)6-7-13-9-5-3-2-4-8(9)11/h2-5,13H,6-7H2,1H3,(H,12,14). The van der Waals surface area contributed by atoms with E-state index in [4.69, 9.17) is 0 Å². The van der Waals surface area contributed by atoms with Crippen LogP contribution in [0.25, 0.3) is 0 Å². The Bertz CT molecular complexity index is 315. The molecule has 0 radical (unpaired) electrons. The van der Waals surface area contributed by atoms with Crippen LogP contribution in [0, 0.1) is 0 Å². The van der Waals surface area contributed by atoms with Crippen molar-refractivity contribution in [1.29, 1.82) is 0 Å². The molecule has 0 aromatic heterocycles. The summed E-state index contributed by atoms with van der Waals surface area (Å²) in [6.45, 7) is 0.641. The first kappa shape index (κ1) is 11.0. The molecule has 4 heteroatoms. The summed E-state index contributed by atoms with van der Waals surface area (Å²) in [6.07, 6.45) is 0.484. The molecule has 0 saturated carbocycles. The number of carbonyl (C=O) groups is 1. The molecule has 0 spiro atoms. The molecule has 1 aromatic carbocycles. The zero-order valence-electron chi connectivity index (χ0n) is 8.01. The molecule has 0 atom stereocenters. The molecule has 1 amide bonds. The Morgan fingerprint density at radius 3 is 2.79 bits per heavy atom. The van der Waals surface area contributed by atoms with Crippen molar-refractivity contribution in [1.82, 2.24) is 5.32 Å². The average molecular weight is 257 g/mol. The van der Waals surface area contributed by atoms with Crippen LogP contribution in [-0.4, -0.2) is 19.5 Å². The molecule has 0 fully saturated rings. The van der Waals surface area contributed by atoms with Crippen molar-refractivity contribution in [3.8, 4) is 0 Å². The monoisotopic (exact) mass is 256 g/mol. The third kappa shape index (κ3) is 3.38. The average Bonchev–Trinajstić information content (AvgIpc) is 2.20. The number of para-hydroxylation sites is 1. The summed E-state index contributed by atoms with van der Waals surface area (Å²) < 4.78 is 1.01. The number of carbonyl (C=O) groups excluding carboxylic acids is 1. The second kappa shape index (κ2) is 5.65. The molecule has 2 N–H and O–H groups in total. The maximum atomic E-state index is 10.9. The normalized spacial score (nSPS) is 9.57. The quantitative estimate of drug-likeness (QED) is 0.866. The van der Waals surface area contributed by atoms with Gasteiger partial charge in [0.05, 0.1) is 0 Å². The second-order valence-corrected chi connectivity index (χ2v) is 3.68. The van der Waals surface area contributed by atoms with Gasteiger partial charge in [-0.05, 0) is 28.1 Å². The van der Waals surface area contributed by atoms with Gasteiger partial charge in [-0.3, -0.25) is 4.79 Å². The third-order valence-electron chi connectivity index (χ3n) is 1.82. The number of amides is 1. The van der Waals surface area contributed by atoms with Gasteiger partial charge in [-0.1, -0.05) is 12.1 Å². The highest BCUT2D eigenvalue weighted by molar-refractivity contribution is 9.10. The van der Waals surface area contributed by atoms with E-state index in [-0.39, 0.29) is 5.91 Å². The highest BCUT2D eigenvalue weighted by atomic mass is 79.9. The molecule has 1 aromatic rings. The lowest BCUT2D eigenvalue weighted by atomic mass is 10.3. The van der Waals surface area contributed by atoms with Gasteiger partial charge in [-0.25, -0.2) is 0 Å². The fourth-order valence-electron chi connectivity index (χ4n) is 1.04. The Balaban J connectivity index is 2.39. The van der Waals surface area contributed by atoms with Gasteiger partial charge in [0.15, 0.2) is 0 Å². The van der Waals surface area contributed by atoms with E-state index in [1.54, 1.807) is 7.05 Å². The van der Waals surface area contributed by atoms with Crippen molar-refractivity contribution >= 4 is 27.5 Å². The lowest BCUT2D eigenvalue weighted by Gasteiger charge is -2.07. The van der Waals surface area contributed by atoms with Crippen molar-refractivity contribution in [2.24, 2.45) is 0 Å². The number of nitrogens with one attached hydrogen (secondary N) is 2. The van der Waals surface area contributed by atoms with Gasteiger partial charge < -0.3 is 10.6 Å². The second-order valence-electron chi connectivity index (χ2n) is 2.83. The van der Waals surface area contributed by atoms with Crippen molar-refractivity contribution in [2.75, 3.05) is 18.9 Å². The van der Waals surface area contributed by atoms with E-state index in [0.717, 1.165) is 10.2 Å². The lowest BCUT2D eigenvalue weighted by Crippen LogP contribution is -2.20. The number of benzene rings is 1. The minimum absolute atomic E-state index is 0.0459. The number of rotatable bonds is 4. The molecule has 1 rings (SSSR count). The van der Waals surface area contributed by atoms with Gasteiger partial charge in [0.25, 0.3) is 0 Å². The summed E-state index contributed by atoms with van der Waals surface area (Å²) in [5, 5.41) is 5.75. The van der Waals surface area contributed by atoms with E-state index in [9.17, 15) is 4.79 Å². The Morgan fingerprint density at radius 2 is 2.14 bits per heavy atom. The first-order chi connectivity index (χ1) is 6.74. The number of anilines is 1. The van der Waals surface area contributed by atoms with Crippen LogP contribution in [0.5, 0.6) is 0 Å². The fourth-order valence-corrected chi connectivity index (χ4v) is 1.47. The summed E-state index contributed by atoms with van der Waals surface area (Å²) in [5.74, 6) is 0.0459. The SMILES string of the molecule is CNC(=O)CCNc1ccccc1Br. The van der Waals surface area contributed by atoms with Crippen LogP contribution < -0.4 is 10.6 Å². The van der Waals surface area contributed by atoms with Crippen LogP contribution in [0.1, 0.15) is 6.42 Å². The summed E-state index contributed by atoms with van der Waals surface area (Å²) in [6, 6.07) is 7.83. The summed E-state index contributed by atoms with van der Waals surface area (Å²) in [5.41, 5.74) is 1.01. The van der Waals surface area contributed by atoms with Gasteiger partial charge in [-0.15, -0.1) is 0 Å². The summed E-state index contributed by atoms with van der Waals surface area (Å²) in [4.78, 5) is 10.9. The fraction of sp³-hybridized carbons (Fsp3) is 0.300. The zero-order valence-corrected chi connectivity index (χ0v) is 9.60.